The fraction of sp³-hybridized carbons (Fsp3) is 0.300. The molecule has 1 amide bonds. The highest BCUT2D eigenvalue weighted by molar-refractivity contribution is 7.10. The van der Waals surface area contributed by atoms with Crippen molar-refractivity contribution in [3.05, 3.63) is 97.2 Å². The number of thiophene rings is 1. The molecule has 0 fully saturated rings. The van der Waals surface area contributed by atoms with Crippen LogP contribution in [0.15, 0.2) is 57.1 Å². The standard InChI is InChI=1S/C30H30F2N4O3S/c1-16(2)26(35(10-9-33)29(37)19-6-5-18(4)23(32)12-19)28-34-25-22-13-20(31)7-8-24(22)39-27(25)30(38)36(28)14-21-11-17(3)15-40-21/h5-8,11-13,15-16,26H,9-10,14,33H2,1-4H3/t26-/m1/s1. The van der Waals surface area contributed by atoms with Crippen LogP contribution >= 0.6 is 11.3 Å². The van der Waals surface area contributed by atoms with Crippen LogP contribution in [0.5, 0.6) is 0 Å². The molecule has 0 saturated carbocycles. The Kier molecular flexibility index (Phi) is 7.57. The highest BCUT2D eigenvalue weighted by atomic mass is 32.1. The Labute approximate surface area is 233 Å². The van der Waals surface area contributed by atoms with Crippen molar-refractivity contribution in [1.29, 1.82) is 0 Å². The molecule has 0 aliphatic rings. The maximum atomic E-state index is 14.5. The average Bonchev–Trinajstić information content (AvgIpc) is 3.49. The van der Waals surface area contributed by atoms with E-state index < -0.39 is 29.1 Å². The number of nitrogens with two attached hydrogens (primary N) is 1. The van der Waals surface area contributed by atoms with Crippen LogP contribution in [0.2, 0.25) is 0 Å². The molecule has 10 heteroatoms. The lowest BCUT2D eigenvalue weighted by molar-refractivity contribution is 0.0612. The van der Waals surface area contributed by atoms with Crippen LogP contribution in [0.1, 0.15) is 52.1 Å². The molecule has 0 unspecified atom stereocenters. The first-order valence-electron chi connectivity index (χ1n) is 13.0. The molecule has 5 rings (SSSR count). The van der Waals surface area contributed by atoms with Gasteiger partial charge in [-0.1, -0.05) is 19.9 Å². The number of halogens is 2. The maximum absolute atomic E-state index is 14.5. The van der Waals surface area contributed by atoms with Gasteiger partial charge < -0.3 is 15.1 Å². The second-order valence-electron chi connectivity index (χ2n) is 10.3. The number of aryl methyl sites for hydroxylation is 2. The molecule has 40 heavy (non-hydrogen) atoms. The fourth-order valence-corrected chi connectivity index (χ4v) is 5.88. The molecule has 5 aromatic rings. The Hall–Kier alpha value is -3.89. The number of aromatic nitrogens is 2. The van der Waals surface area contributed by atoms with Crippen molar-refractivity contribution in [3.8, 4) is 0 Å². The van der Waals surface area contributed by atoms with Gasteiger partial charge in [-0.3, -0.25) is 14.2 Å². The molecule has 0 bridgehead atoms. The number of rotatable bonds is 8. The number of furan rings is 1. The summed E-state index contributed by atoms with van der Waals surface area (Å²) < 4.78 is 36.1. The van der Waals surface area contributed by atoms with Crippen LogP contribution in [0.3, 0.4) is 0 Å². The fourth-order valence-electron chi connectivity index (χ4n) is 5.02. The summed E-state index contributed by atoms with van der Waals surface area (Å²) in [5.41, 5.74) is 7.75. The number of carbonyl (C=O) groups excluding carboxylic acids is 1. The molecular formula is C30H30F2N4O3S. The van der Waals surface area contributed by atoms with E-state index in [2.05, 4.69) is 0 Å². The van der Waals surface area contributed by atoms with Crippen LogP contribution in [-0.4, -0.2) is 33.4 Å². The molecular weight excluding hydrogens is 534 g/mol. The number of hydrogen-bond donors (Lipinski definition) is 1. The van der Waals surface area contributed by atoms with E-state index in [1.54, 1.807) is 24.0 Å². The smallest absolute Gasteiger partial charge is 0.297 e. The van der Waals surface area contributed by atoms with Crippen LogP contribution in [0.4, 0.5) is 8.78 Å². The van der Waals surface area contributed by atoms with Gasteiger partial charge in [-0.25, -0.2) is 13.8 Å². The summed E-state index contributed by atoms with van der Waals surface area (Å²) in [6.45, 7) is 7.91. The van der Waals surface area contributed by atoms with Crippen LogP contribution in [0, 0.1) is 31.4 Å². The van der Waals surface area contributed by atoms with Crippen LogP contribution < -0.4 is 11.3 Å². The van der Waals surface area contributed by atoms with E-state index in [9.17, 15) is 18.4 Å². The lowest BCUT2D eigenvalue weighted by Gasteiger charge is -2.35. The summed E-state index contributed by atoms with van der Waals surface area (Å²) in [6.07, 6.45) is 0. The number of amides is 1. The molecule has 7 nitrogen and oxygen atoms in total. The lowest BCUT2D eigenvalue weighted by Crippen LogP contribution is -2.43. The first kappa shape index (κ1) is 27.7. The zero-order valence-electron chi connectivity index (χ0n) is 22.7. The Morgan fingerprint density at radius 1 is 1.15 bits per heavy atom. The minimum absolute atomic E-state index is 0.0115. The van der Waals surface area contributed by atoms with E-state index in [0.717, 1.165) is 10.4 Å². The SMILES string of the molecule is Cc1csc(Cn2c([C@@H](C(C)C)N(CCN)C(=O)c3ccc(C)c(F)c3)nc3c(oc4ccc(F)cc43)c2=O)c1. The largest absolute Gasteiger partial charge is 0.448 e. The maximum Gasteiger partial charge on any atom is 0.297 e. The summed E-state index contributed by atoms with van der Waals surface area (Å²) in [5, 5.41) is 2.36. The van der Waals surface area contributed by atoms with E-state index in [1.807, 2.05) is 32.2 Å². The third-order valence-corrected chi connectivity index (χ3v) is 7.99. The van der Waals surface area contributed by atoms with Gasteiger partial charge in [0.15, 0.2) is 0 Å². The molecule has 3 heterocycles. The highest BCUT2D eigenvalue weighted by Gasteiger charge is 2.33. The number of carbonyl (C=O) groups is 1. The second-order valence-corrected chi connectivity index (χ2v) is 11.3. The van der Waals surface area contributed by atoms with Crippen molar-refractivity contribution in [3.63, 3.8) is 0 Å². The third-order valence-electron chi connectivity index (χ3n) is 6.95. The van der Waals surface area contributed by atoms with Gasteiger partial charge in [0.25, 0.3) is 11.5 Å². The van der Waals surface area contributed by atoms with Gasteiger partial charge in [0, 0.05) is 28.9 Å². The van der Waals surface area contributed by atoms with Crippen molar-refractivity contribution in [1.82, 2.24) is 14.5 Å². The van der Waals surface area contributed by atoms with E-state index in [1.165, 1.54) is 40.2 Å². The molecule has 2 aromatic carbocycles. The minimum atomic E-state index is -0.711. The predicted octanol–water partition coefficient (Wildman–Crippen LogP) is 5.95. The van der Waals surface area contributed by atoms with Crippen molar-refractivity contribution >= 4 is 39.3 Å². The van der Waals surface area contributed by atoms with Crippen molar-refractivity contribution < 1.29 is 18.0 Å². The molecule has 0 aliphatic carbocycles. The predicted molar refractivity (Wildman–Crippen MR) is 153 cm³/mol. The second kappa shape index (κ2) is 10.9. The monoisotopic (exact) mass is 564 g/mol. The molecule has 3 aromatic heterocycles. The topological polar surface area (TPSA) is 94.4 Å². The third kappa shape index (κ3) is 5.04. The molecule has 2 N–H and O–H groups in total. The number of nitrogens with zero attached hydrogens (tertiary/aromatic N) is 3. The van der Waals surface area contributed by atoms with Gasteiger partial charge >= 0.3 is 0 Å². The highest BCUT2D eigenvalue weighted by Crippen LogP contribution is 2.33. The van der Waals surface area contributed by atoms with Crippen LogP contribution in [-0.2, 0) is 6.54 Å². The van der Waals surface area contributed by atoms with E-state index in [0.29, 0.717) is 22.4 Å². The minimum Gasteiger partial charge on any atom is -0.448 e. The molecule has 1 atom stereocenters. The first-order valence-corrected chi connectivity index (χ1v) is 13.9. The van der Waals surface area contributed by atoms with E-state index >= 15 is 0 Å². The van der Waals surface area contributed by atoms with Gasteiger partial charge in [-0.15, -0.1) is 11.3 Å². The Morgan fingerprint density at radius 2 is 1.93 bits per heavy atom. The summed E-state index contributed by atoms with van der Waals surface area (Å²) in [6, 6.07) is 9.63. The van der Waals surface area contributed by atoms with E-state index in [-0.39, 0.29) is 42.2 Å². The average molecular weight is 565 g/mol. The van der Waals surface area contributed by atoms with Crippen molar-refractivity contribution in [2.24, 2.45) is 11.7 Å². The lowest BCUT2D eigenvalue weighted by atomic mass is 9.99. The number of fused-ring (bicyclic) bond motifs is 3. The summed E-state index contributed by atoms with van der Waals surface area (Å²) in [4.78, 5) is 35.2. The normalized spacial score (nSPS) is 12.5. The molecule has 0 saturated heterocycles. The summed E-state index contributed by atoms with van der Waals surface area (Å²) in [7, 11) is 0. The van der Waals surface area contributed by atoms with E-state index in [4.69, 9.17) is 15.1 Å². The summed E-state index contributed by atoms with van der Waals surface area (Å²) >= 11 is 1.51. The summed E-state index contributed by atoms with van der Waals surface area (Å²) in [5.74, 6) is -1.31. The van der Waals surface area contributed by atoms with Crippen molar-refractivity contribution in [2.45, 2.75) is 40.3 Å². The zero-order chi connectivity index (χ0) is 28.7. The molecule has 0 aliphatic heterocycles. The van der Waals surface area contributed by atoms with Crippen molar-refractivity contribution in [2.75, 3.05) is 13.1 Å². The number of hydrogen-bond acceptors (Lipinski definition) is 6. The molecule has 0 spiro atoms. The first-order chi connectivity index (χ1) is 19.1. The van der Waals surface area contributed by atoms with Gasteiger partial charge in [-0.05, 0) is 72.7 Å². The van der Waals surface area contributed by atoms with Gasteiger partial charge in [0.2, 0.25) is 5.58 Å². The van der Waals surface area contributed by atoms with Gasteiger partial charge in [-0.2, -0.15) is 0 Å². The Morgan fingerprint density at radius 3 is 2.58 bits per heavy atom. The molecule has 208 valence electrons. The van der Waals surface area contributed by atoms with Gasteiger partial charge in [0.1, 0.15) is 28.6 Å². The quantitative estimate of drug-likeness (QED) is 0.252. The zero-order valence-corrected chi connectivity index (χ0v) is 23.5. The van der Waals surface area contributed by atoms with Gasteiger partial charge in [0.05, 0.1) is 12.6 Å². The number of benzene rings is 2. The Balaban J connectivity index is 1.76. The van der Waals surface area contributed by atoms with Crippen LogP contribution in [0.25, 0.3) is 22.1 Å². The Bertz CT molecular complexity index is 1790. The molecule has 0 radical (unpaired) electrons.